The standard InChI is InChI=1S/C9H11N5O2/c10-6-8(12-13-11)5-7-1-3-9(4-2-7)14(15)16/h1-4,8H,5-6,10H2. The molecule has 0 bridgehead atoms. The Kier molecular flexibility index (Phi) is 4.26. The summed E-state index contributed by atoms with van der Waals surface area (Å²) in [7, 11) is 0. The zero-order valence-electron chi connectivity index (χ0n) is 8.48. The van der Waals surface area contributed by atoms with Gasteiger partial charge < -0.3 is 5.73 Å². The lowest BCUT2D eigenvalue weighted by atomic mass is 10.1. The van der Waals surface area contributed by atoms with Crippen LogP contribution in [0.3, 0.4) is 0 Å². The SMILES string of the molecule is [N-]=[N+]=NC(CN)Cc1ccc([N+](=O)[O-])cc1. The molecule has 84 valence electrons. The molecular formula is C9H11N5O2. The number of hydrogen-bond donors (Lipinski definition) is 1. The average Bonchev–Trinajstić information content (AvgIpc) is 2.29. The first-order chi connectivity index (χ1) is 7.67. The van der Waals surface area contributed by atoms with Gasteiger partial charge in [-0.25, -0.2) is 0 Å². The van der Waals surface area contributed by atoms with Gasteiger partial charge in [-0.3, -0.25) is 10.1 Å². The van der Waals surface area contributed by atoms with Gasteiger partial charge in [-0.2, -0.15) is 0 Å². The fourth-order valence-electron chi connectivity index (χ4n) is 1.27. The minimum atomic E-state index is -0.461. The number of nitrogens with two attached hydrogens (primary N) is 1. The zero-order valence-corrected chi connectivity index (χ0v) is 8.48. The molecule has 7 nitrogen and oxygen atoms in total. The van der Waals surface area contributed by atoms with Crippen LogP contribution >= 0.6 is 0 Å². The summed E-state index contributed by atoms with van der Waals surface area (Å²) in [5.74, 6) is 0. The molecule has 0 fully saturated rings. The van der Waals surface area contributed by atoms with Crippen molar-refractivity contribution in [3.8, 4) is 0 Å². The second-order valence-corrected chi connectivity index (χ2v) is 3.22. The molecule has 2 N–H and O–H groups in total. The summed E-state index contributed by atoms with van der Waals surface area (Å²) in [6.07, 6.45) is 0.485. The lowest BCUT2D eigenvalue weighted by Crippen LogP contribution is -2.19. The van der Waals surface area contributed by atoms with Crippen molar-refractivity contribution in [2.75, 3.05) is 6.54 Å². The molecule has 0 saturated heterocycles. The zero-order chi connectivity index (χ0) is 12.0. The van der Waals surface area contributed by atoms with Gasteiger partial charge in [-0.15, -0.1) is 0 Å². The Hall–Kier alpha value is -2.11. The van der Waals surface area contributed by atoms with Gasteiger partial charge in [0.1, 0.15) is 0 Å². The van der Waals surface area contributed by atoms with Crippen LogP contribution in [0.15, 0.2) is 29.4 Å². The Morgan fingerprint density at radius 1 is 1.50 bits per heavy atom. The smallest absolute Gasteiger partial charge is 0.269 e. The van der Waals surface area contributed by atoms with Crippen molar-refractivity contribution in [1.29, 1.82) is 0 Å². The lowest BCUT2D eigenvalue weighted by molar-refractivity contribution is -0.384. The second kappa shape index (κ2) is 5.69. The Balaban J connectivity index is 2.74. The molecule has 7 heteroatoms. The van der Waals surface area contributed by atoms with E-state index in [-0.39, 0.29) is 18.3 Å². The van der Waals surface area contributed by atoms with Gasteiger partial charge in [-0.05, 0) is 17.5 Å². The number of benzene rings is 1. The highest BCUT2D eigenvalue weighted by Crippen LogP contribution is 2.13. The molecule has 1 rings (SSSR count). The summed E-state index contributed by atoms with van der Waals surface area (Å²) in [6.45, 7) is 0.251. The van der Waals surface area contributed by atoms with Gasteiger partial charge >= 0.3 is 0 Å². The highest BCUT2D eigenvalue weighted by Gasteiger charge is 2.07. The molecule has 0 saturated carbocycles. The van der Waals surface area contributed by atoms with E-state index in [0.717, 1.165) is 5.56 Å². The molecule has 1 aromatic carbocycles. The molecule has 0 aliphatic carbocycles. The molecule has 1 atom stereocenters. The third kappa shape index (κ3) is 3.23. The van der Waals surface area contributed by atoms with Crippen LogP contribution in [0.2, 0.25) is 0 Å². The second-order valence-electron chi connectivity index (χ2n) is 3.22. The van der Waals surface area contributed by atoms with Crippen LogP contribution in [-0.4, -0.2) is 17.5 Å². The Morgan fingerprint density at radius 3 is 2.56 bits per heavy atom. The third-order valence-corrected chi connectivity index (χ3v) is 2.11. The first-order valence-corrected chi connectivity index (χ1v) is 4.65. The van der Waals surface area contributed by atoms with Crippen molar-refractivity contribution in [3.05, 3.63) is 50.4 Å². The number of rotatable bonds is 5. The maximum absolute atomic E-state index is 10.4. The van der Waals surface area contributed by atoms with Crippen LogP contribution in [0.1, 0.15) is 5.56 Å². The average molecular weight is 221 g/mol. The summed E-state index contributed by atoms with van der Waals surface area (Å²) in [4.78, 5) is 12.6. The Bertz CT molecular complexity index is 410. The van der Waals surface area contributed by atoms with Crippen LogP contribution in [0, 0.1) is 10.1 Å². The number of nitro groups is 1. The van der Waals surface area contributed by atoms with Gasteiger partial charge in [0.15, 0.2) is 0 Å². The molecule has 0 aliphatic rings. The number of non-ortho nitro benzene ring substituents is 1. The predicted octanol–water partition coefficient (Wildman–Crippen LogP) is 1.77. The summed E-state index contributed by atoms with van der Waals surface area (Å²) in [6, 6.07) is 5.78. The van der Waals surface area contributed by atoms with E-state index >= 15 is 0 Å². The first-order valence-electron chi connectivity index (χ1n) is 4.65. The van der Waals surface area contributed by atoms with E-state index in [0.29, 0.717) is 6.42 Å². The van der Waals surface area contributed by atoms with Crippen molar-refractivity contribution in [1.82, 2.24) is 0 Å². The minimum absolute atomic E-state index is 0.0387. The van der Waals surface area contributed by atoms with Crippen LogP contribution in [0.4, 0.5) is 5.69 Å². The van der Waals surface area contributed by atoms with E-state index in [1.165, 1.54) is 12.1 Å². The summed E-state index contributed by atoms with van der Waals surface area (Å²) in [5, 5.41) is 13.9. The number of azide groups is 1. The molecule has 16 heavy (non-hydrogen) atoms. The van der Waals surface area contributed by atoms with E-state index in [2.05, 4.69) is 10.0 Å². The predicted molar refractivity (Wildman–Crippen MR) is 58.8 cm³/mol. The topological polar surface area (TPSA) is 118 Å². The van der Waals surface area contributed by atoms with Crippen molar-refractivity contribution in [2.24, 2.45) is 10.8 Å². The normalized spacial score (nSPS) is 11.6. The van der Waals surface area contributed by atoms with Gasteiger partial charge in [0, 0.05) is 23.6 Å². The van der Waals surface area contributed by atoms with E-state index in [1.54, 1.807) is 12.1 Å². The molecule has 0 aliphatic heterocycles. The number of nitrogens with zero attached hydrogens (tertiary/aromatic N) is 4. The molecule has 0 heterocycles. The summed E-state index contributed by atoms with van der Waals surface area (Å²) in [5.41, 5.74) is 14.6. The van der Waals surface area contributed by atoms with E-state index in [1.807, 2.05) is 0 Å². The third-order valence-electron chi connectivity index (χ3n) is 2.11. The van der Waals surface area contributed by atoms with Crippen molar-refractivity contribution < 1.29 is 4.92 Å². The van der Waals surface area contributed by atoms with Gasteiger partial charge in [-0.1, -0.05) is 17.2 Å². The Labute approximate surface area is 91.7 Å². The van der Waals surface area contributed by atoms with Gasteiger partial charge in [0.25, 0.3) is 5.69 Å². The molecule has 0 spiro atoms. The highest BCUT2D eigenvalue weighted by atomic mass is 16.6. The maximum atomic E-state index is 10.4. The van der Waals surface area contributed by atoms with Crippen molar-refractivity contribution in [3.63, 3.8) is 0 Å². The number of hydrogen-bond acceptors (Lipinski definition) is 4. The fraction of sp³-hybridized carbons (Fsp3) is 0.333. The fourth-order valence-corrected chi connectivity index (χ4v) is 1.27. The first kappa shape index (κ1) is 12.0. The summed E-state index contributed by atoms with van der Waals surface area (Å²) < 4.78 is 0. The van der Waals surface area contributed by atoms with E-state index in [9.17, 15) is 10.1 Å². The monoisotopic (exact) mass is 221 g/mol. The summed E-state index contributed by atoms with van der Waals surface area (Å²) >= 11 is 0. The van der Waals surface area contributed by atoms with E-state index in [4.69, 9.17) is 11.3 Å². The van der Waals surface area contributed by atoms with Crippen molar-refractivity contribution in [2.45, 2.75) is 12.5 Å². The van der Waals surface area contributed by atoms with E-state index < -0.39 is 4.92 Å². The quantitative estimate of drug-likeness (QED) is 0.268. The van der Waals surface area contributed by atoms with Gasteiger partial charge in [0.2, 0.25) is 0 Å². The van der Waals surface area contributed by atoms with Crippen LogP contribution < -0.4 is 5.73 Å². The molecule has 0 amide bonds. The molecule has 0 radical (unpaired) electrons. The molecule has 0 aromatic heterocycles. The molecule has 1 unspecified atom stereocenters. The van der Waals surface area contributed by atoms with Crippen molar-refractivity contribution >= 4 is 5.69 Å². The Morgan fingerprint density at radius 2 is 2.12 bits per heavy atom. The maximum Gasteiger partial charge on any atom is 0.269 e. The minimum Gasteiger partial charge on any atom is -0.330 e. The number of nitro benzene ring substituents is 1. The largest absolute Gasteiger partial charge is 0.330 e. The lowest BCUT2D eigenvalue weighted by Gasteiger charge is -2.07. The van der Waals surface area contributed by atoms with Crippen LogP contribution in [-0.2, 0) is 6.42 Å². The van der Waals surface area contributed by atoms with Crippen LogP contribution in [0.5, 0.6) is 0 Å². The van der Waals surface area contributed by atoms with Crippen LogP contribution in [0.25, 0.3) is 10.4 Å². The highest BCUT2D eigenvalue weighted by molar-refractivity contribution is 5.33. The molecular weight excluding hydrogens is 210 g/mol. The van der Waals surface area contributed by atoms with Gasteiger partial charge in [0.05, 0.1) is 11.0 Å². The molecule has 1 aromatic rings.